The molecule has 0 bridgehead atoms. The van der Waals surface area contributed by atoms with E-state index in [1.807, 2.05) is 109 Å². The number of hydrogen-bond donors (Lipinski definition) is 15. The second-order valence-corrected chi connectivity index (χ2v) is 27.3. The Balaban J connectivity index is 0.000000123. The minimum absolute atomic E-state index is 0.0353. The summed E-state index contributed by atoms with van der Waals surface area (Å²) < 4.78 is 5.07. The van der Waals surface area contributed by atoms with Crippen molar-refractivity contribution in [2.24, 2.45) is 10.9 Å². The van der Waals surface area contributed by atoms with E-state index >= 15 is 0 Å². The first kappa shape index (κ1) is 79.8. The van der Waals surface area contributed by atoms with E-state index in [2.05, 4.69) is 98.9 Å². The van der Waals surface area contributed by atoms with Crippen LogP contribution in [-0.2, 0) is 30.5 Å². The molecule has 3 aliphatic rings. The maximum Gasteiger partial charge on any atom is 0.335 e. The van der Waals surface area contributed by atoms with E-state index in [4.69, 9.17) is 9.52 Å². The zero-order valence-electron chi connectivity index (χ0n) is 63.6. The fourth-order valence-electron chi connectivity index (χ4n) is 12.6. The van der Waals surface area contributed by atoms with Gasteiger partial charge in [-0.25, -0.2) is 4.79 Å². The minimum Gasteiger partial charge on any atom is -0.478 e. The summed E-state index contributed by atoms with van der Waals surface area (Å²) in [5.74, 6) is -3.20. The van der Waals surface area contributed by atoms with Gasteiger partial charge in [0.25, 0.3) is 35.4 Å². The number of amides is 10. The molecule has 120 heavy (non-hydrogen) atoms. The lowest BCUT2D eigenvalue weighted by Crippen LogP contribution is -2.37. The number of fused-ring (bicyclic) bond motifs is 5. The van der Waals surface area contributed by atoms with Crippen LogP contribution in [0.4, 0.5) is 51.2 Å². The van der Waals surface area contributed by atoms with Gasteiger partial charge >= 0.3 is 5.97 Å². The lowest BCUT2D eigenvalue weighted by molar-refractivity contribution is -0.122. The van der Waals surface area contributed by atoms with Crippen LogP contribution in [-0.4, -0.2) is 123 Å². The summed E-state index contributed by atoms with van der Waals surface area (Å²) in [7, 11) is 0. The van der Waals surface area contributed by atoms with Gasteiger partial charge in [0.1, 0.15) is 11.8 Å². The van der Waals surface area contributed by atoms with E-state index in [-0.39, 0.29) is 99.1 Å². The summed E-state index contributed by atoms with van der Waals surface area (Å²) in [6, 6.07) is 74.0. The van der Waals surface area contributed by atoms with E-state index in [0.717, 1.165) is 29.4 Å². The minimum atomic E-state index is -1.02. The molecule has 0 unspecified atom stereocenters. The van der Waals surface area contributed by atoms with Crippen LogP contribution in [0.2, 0.25) is 0 Å². The molecule has 1 aliphatic carbocycles. The first-order valence-electron chi connectivity index (χ1n) is 37.5. The molecule has 15 aromatic rings. The fourth-order valence-corrected chi connectivity index (χ4v) is 12.6. The van der Waals surface area contributed by atoms with Crippen molar-refractivity contribution in [2.45, 2.75) is 45.2 Å². The Morgan fingerprint density at radius 3 is 1.09 bits per heavy atom. The third-order valence-electron chi connectivity index (χ3n) is 18.6. The zero-order chi connectivity index (χ0) is 83.6. The van der Waals surface area contributed by atoms with E-state index in [1.54, 1.807) is 133 Å². The molecule has 598 valence electrons. The number of anilines is 9. The number of nitrogens with one attached hydrogen (secondary N) is 14. The maximum absolute atomic E-state index is 12.5. The van der Waals surface area contributed by atoms with Gasteiger partial charge in [0.05, 0.1) is 40.4 Å². The quantitative estimate of drug-likeness (QED) is 0.0379. The number of aromatic nitrogens is 8. The Kier molecular flexibility index (Phi) is 24.6. The van der Waals surface area contributed by atoms with Crippen LogP contribution in [0.5, 0.6) is 0 Å². The second-order valence-electron chi connectivity index (χ2n) is 27.3. The van der Waals surface area contributed by atoms with Gasteiger partial charge in [-0.05, 0) is 183 Å². The zero-order valence-corrected chi connectivity index (χ0v) is 63.6. The number of aromatic amines is 4. The highest BCUT2D eigenvalue weighted by molar-refractivity contribution is 6.50. The number of benzene rings is 10. The molecule has 1 saturated carbocycles. The number of carboxylic acid groups (broad SMARTS) is 1. The molecule has 0 radical (unpaired) electrons. The second kappa shape index (κ2) is 37.0. The van der Waals surface area contributed by atoms with Crippen molar-refractivity contribution in [1.82, 2.24) is 46.1 Å². The Labute approximate surface area is 680 Å². The molecule has 7 heterocycles. The highest BCUT2D eigenvalue weighted by Crippen LogP contribution is 2.32. The number of aliphatic imine (C=N–C) groups is 1. The monoisotopic (exact) mass is 1600 g/mol. The molecule has 18 rings (SSSR count). The maximum atomic E-state index is 12.5. The number of H-pyrrole nitrogens is 4. The highest BCUT2D eigenvalue weighted by Gasteiger charge is 2.31. The topological polar surface area (TPSA) is 469 Å². The molecule has 32 heteroatoms. The lowest BCUT2D eigenvalue weighted by Gasteiger charge is -2.11. The van der Waals surface area contributed by atoms with Crippen LogP contribution in [0, 0.1) is 5.92 Å². The van der Waals surface area contributed by atoms with Crippen LogP contribution in [0.1, 0.15) is 107 Å². The number of rotatable bonds is 18. The SMILES string of the molecule is CC(=O)Nc1ccc2[nH]nc(C(=O)Nc3ccccc3)c2c1.O=C(Nc1ccc2[nH]nc(C(=O)Nc3ccccc3)c2c1)c1ccco1.O=C(Nc1ccccc1)C1=NCc2ccc(C(=O)O)cc21.O=C(Nc1ccccc1)c1n[nH]c2ccc(NC(=O)C3CC3)cc12.O=C1CC[C@@H](C(=O)Nc2ccc3[nH]nc(C(=O)Nc4ccccc4)c3c2)N1. The molecule has 2 fully saturated rings. The molecule has 0 spiro atoms. The molecule has 10 amide bonds. The summed E-state index contributed by atoms with van der Waals surface area (Å²) in [6.07, 6.45) is 4.15. The molecule has 1 saturated heterocycles. The van der Waals surface area contributed by atoms with Crippen LogP contribution >= 0.6 is 0 Å². The van der Waals surface area contributed by atoms with E-state index in [9.17, 15) is 52.7 Å². The molecule has 1 atom stereocenters. The average molecular weight is 1600 g/mol. The first-order chi connectivity index (χ1) is 58.3. The predicted molar refractivity (Wildman–Crippen MR) is 453 cm³/mol. The van der Waals surface area contributed by atoms with E-state index in [1.165, 1.54) is 25.3 Å². The number of carboxylic acids is 1. The Morgan fingerprint density at radius 1 is 0.375 bits per heavy atom. The van der Waals surface area contributed by atoms with Gasteiger partial charge in [0, 0.05) is 97.6 Å². The van der Waals surface area contributed by atoms with Crippen molar-refractivity contribution < 1.29 is 62.3 Å². The van der Waals surface area contributed by atoms with Gasteiger partial charge in [-0.1, -0.05) is 97.1 Å². The number of carbonyl (C=O) groups is 11. The van der Waals surface area contributed by atoms with Gasteiger partial charge in [-0.3, -0.25) is 73.3 Å². The largest absolute Gasteiger partial charge is 0.478 e. The van der Waals surface area contributed by atoms with Crippen LogP contribution in [0.15, 0.2) is 270 Å². The summed E-state index contributed by atoms with van der Waals surface area (Å²) >= 11 is 0. The van der Waals surface area contributed by atoms with Crippen molar-refractivity contribution >= 4 is 166 Å². The van der Waals surface area contributed by atoms with Gasteiger partial charge in [-0.15, -0.1) is 0 Å². The number of furan rings is 1. The molecule has 15 N–H and O–H groups in total. The van der Waals surface area contributed by atoms with Crippen LogP contribution in [0.25, 0.3) is 43.6 Å². The van der Waals surface area contributed by atoms with Crippen molar-refractivity contribution in [3.8, 4) is 0 Å². The average Bonchev–Trinajstić information content (AvgIpc) is 1.68. The summed E-state index contributed by atoms with van der Waals surface area (Å²) in [6.45, 7) is 1.83. The highest BCUT2D eigenvalue weighted by atomic mass is 16.4. The third-order valence-corrected chi connectivity index (χ3v) is 18.6. The normalized spacial score (nSPS) is 12.8. The van der Waals surface area contributed by atoms with Crippen molar-refractivity contribution in [1.29, 1.82) is 0 Å². The Morgan fingerprint density at radius 2 is 0.742 bits per heavy atom. The molecule has 32 nitrogen and oxygen atoms in total. The van der Waals surface area contributed by atoms with Crippen molar-refractivity contribution in [3.05, 3.63) is 306 Å². The first-order valence-corrected chi connectivity index (χ1v) is 37.5. The number of aromatic carboxylic acids is 1. The van der Waals surface area contributed by atoms with Gasteiger partial charge < -0.3 is 62.7 Å². The lowest BCUT2D eigenvalue weighted by atomic mass is 10.0. The van der Waals surface area contributed by atoms with Crippen molar-refractivity contribution in [2.75, 3.05) is 47.9 Å². The smallest absolute Gasteiger partial charge is 0.335 e. The van der Waals surface area contributed by atoms with Crippen molar-refractivity contribution in [3.63, 3.8) is 0 Å². The Hall–Kier alpha value is -16.8. The predicted octanol–water partition coefficient (Wildman–Crippen LogP) is 14.0. The van der Waals surface area contributed by atoms with Gasteiger partial charge in [0.15, 0.2) is 28.5 Å². The summed E-state index contributed by atoms with van der Waals surface area (Å²) in [4.78, 5) is 136. The number of carbonyl (C=O) groups excluding carboxylic acids is 10. The van der Waals surface area contributed by atoms with Gasteiger partial charge in [0.2, 0.25) is 23.6 Å². The standard InChI is InChI=1S/C19H17N5O3.C19H14N4O3.C18H16N4O2.C16H14N4O2.C16H12N2O3/c25-16-9-8-15(22-16)18(26)21-12-6-7-14-13(10-12)17(24-23-14)19(27)20-11-4-2-1-3-5-11;24-18(16-7-4-10-26-16)21-13-8-9-15-14(11-13)17(23-22-15)19(25)20-12-5-2-1-3-6-12;23-17(11-6-7-11)20-13-8-9-15-14(10-13)16(22-21-15)18(24)19-12-4-2-1-3-5-12;1-10(21)17-12-7-8-14-13(9-12)15(20-19-14)16(22)18-11-5-3-2-4-6-11;19-15(18-12-4-2-1-3-5-12)14-13-8-10(16(20)21)6-7-11(13)9-17-14/h1-7,10,15H,8-9H2,(H,20,27)(H,21,26)(H,22,25)(H,23,24);1-11H,(H,20,25)(H,21,24)(H,22,23);1-5,8-11H,6-7H2,(H,19,24)(H,20,23)(H,21,22);2-9H,1H3,(H,17,21)(H,18,22)(H,19,20);1-8H,9H2,(H,18,19)(H,20,21)/t15-;;;;/m0..../s1. The van der Waals surface area contributed by atoms with Crippen LogP contribution in [0.3, 0.4) is 0 Å². The number of hydrogen-bond acceptors (Lipinski definition) is 17. The Bertz CT molecular complexity index is 6390. The third kappa shape index (κ3) is 20.2. The fraction of sp³-hybridized carbons (Fsp3) is 0.0909. The summed E-state index contributed by atoms with van der Waals surface area (Å²) in [5.41, 5.74) is 11.6. The van der Waals surface area contributed by atoms with Gasteiger partial charge in [-0.2, -0.15) is 20.4 Å². The summed E-state index contributed by atoms with van der Waals surface area (Å²) in [5, 5.41) is 66.9. The molecular formula is C88H73N19O13. The molecule has 10 aromatic carbocycles. The number of nitrogens with zero attached hydrogens (tertiary/aromatic N) is 5. The van der Waals surface area contributed by atoms with Crippen LogP contribution < -0.4 is 53.2 Å². The van der Waals surface area contributed by atoms with E-state index < -0.39 is 12.0 Å². The van der Waals surface area contributed by atoms with E-state index in [0.29, 0.717) is 114 Å². The molecule has 5 aromatic heterocycles. The molecule has 2 aliphatic heterocycles. The number of para-hydroxylation sites is 5. The molecular weight excluding hydrogens is 1530 g/mol.